The molecule has 0 amide bonds. The summed E-state index contributed by atoms with van der Waals surface area (Å²) >= 11 is 6.30. The fraction of sp³-hybridized carbons (Fsp3) is 0.647. The molecule has 2 fully saturated rings. The summed E-state index contributed by atoms with van der Waals surface area (Å²) in [6, 6.07) is 5.90. The maximum atomic E-state index is 6.30. The SMILES string of the molecule is CNCc1c(Cl)cccc1OC1CCOC2(CCCC2)C1. The zero-order valence-corrected chi connectivity index (χ0v) is 13.4. The summed E-state index contributed by atoms with van der Waals surface area (Å²) in [7, 11) is 1.93. The summed E-state index contributed by atoms with van der Waals surface area (Å²) in [4.78, 5) is 0. The normalized spacial score (nSPS) is 24.4. The second kappa shape index (κ2) is 6.55. The Morgan fingerprint density at radius 1 is 1.38 bits per heavy atom. The molecule has 1 spiro atoms. The Balaban J connectivity index is 1.72. The van der Waals surface area contributed by atoms with Crippen LogP contribution < -0.4 is 10.1 Å². The highest BCUT2D eigenvalue weighted by atomic mass is 35.5. The molecular formula is C17H24ClNO2. The quantitative estimate of drug-likeness (QED) is 0.914. The first-order chi connectivity index (χ1) is 10.2. The molecule has 116 valence electrons. The van der Waals surface area contributed by atoms with Gasteiger partial charge >= 0.3 is 0 Å². The van der Waals surface area contributed by atoms with Gasteiger partial charge in [-0.05, 0) is 32.0 Å². The molecule has 4 heteroatoms. The molecule has 1 aliphatic heterocycles. The lowest BCUT2D eigenvalue weighted by Gasteiger charge is -2.38. The van der Waals surface area contributed by atoms with E-state index in [1.807, 2.05) is 25.2 Å². The van der Waals surface area contributed by atoms with Crippen LogP contribution in [0.4, 0.5) is 0 Å². The van der Waals surface area contributed by atoms with Crippen LogP contribution in [0.3, 0.4) is 0 Å². The molecule has 1 N–H and O–H groups in total. The molecule has 1 atom stereocenters. The second-order valence-corrected chi connectivity index (χ2v) is 6.63. The van der Waals surface area contributed by atoms with Crippen LogP contribution in [0, 0.1) is 0 Å². The molecular weight excluding hydrogens is 286 g/mol. The molecule has 2 aliphatic rings. The van der Waals surface area contributed by atoms with E-state index in [4.69, 9.17) is 21.1 Å². The van der Waals surface area contributed by atoms with Gasteiger partial charge in [0.15, 0.2) is 0 Å². The van der Waals surface area contributed by atoms with Gasteiger partial charge in [-0.1, -0.05) is 30.5 Å². The fourth-order valence-electron chi connectivity index (χ4n) is 3.63. The minimum atomic E-state index is 0.0880. The molecule has 1 unspecified atom stereocenters. The second-order valence-electron chi connectivity index (χ2n) is 6.22. The molecule has 1 aliphatic carbocycles. The first-order valence-electron chi connectivity index (χ1n) is 7.95. The lowest BCUT2D eigenvalue weighted by atomic mass is 9.90. The van der Waals surface area contributed by atoms with E-state index in [0.29, 0.717) is 0 Å². The number of nitrogens with one attached hydrogen (secondary N) is 1. The molecule has 3 nitrogen and oxygen atoms in total. The fourth-order valence-corrected chi connectivity index (χ4v) is 3.86. The standard InChI is InChI=1S/C17H24ClNO2/c1-19-12-14-15(18)5-4-6-16(14)21-13-7-10-20-17(11-13)8-2-3-9-17/h4-6,13,19H,2-3,7-12H2,1H3. The average Bonchev–Trinajstić information content (AvgIpc) is 2.91. The predicted octanol–water partition coefficient (Wildman–Crippen LogP) is 3.93. The average molecular weight is 310 g/mol. The van der Waals surface area contributed by atoms with Gasteiger partial charge in [0.2, 0.25) is 0 Å². The van der Waals surface area contributed by atoms with Gasteiger partial charge in [-0.2, -0.15) is 0 Å². The van der Waals surface area contributed by atoms with E-state index in [9.17, 15) is 0 Å². The Kier molecular flexibility index (Phi) is 4.72. The van der Waals surface area contributed by atoms with E-state index < -0.39 is 0 Å². The first kappa shape index (κ1) is 15.1. The van der Waals surface area contributed by atoms with Crippen LogP contribution in [0.1, 0.15) is 44.1 Å². The van der Waals surface area contributed by atoms with Gasteiger partial charge in [-0.15, -0.1) is 0 Å². The van der Waals surface area contributed by atoms with Crippen LogP contribution >= 0.6 is 11.6 Å². The van der Waals surface area contributed by atoms with Crippen molar-refractivity contribution in [2.24, 2.45) is 0 Å². The maximum absolute atomic E-state index is 6.30. The third kappa shape index (κ3) is 3.36. The van der Waals surface area contributed by atoms with E-state index in [1.165, 1.54) is 25.7 Å². The molecule has 1 heterocycles. The molecule has 1 aromatic rings. The first-order valence-corrected chi connectivity index (χ1v) is 8.33. The van der Waals surface area contributed by atoms with Crippen molar-refractivity contribution in [3.63, 3.8) is 0 Å². The van der Waals surface area contributed by atoms with E-state index in [-0.39, 0.29) is 11.7 Å². The maximum Gasteiger partial charge on any atom is 0.125 e. The highest BCUT2D eigenvalue weighted by molar-refractivity contribution is 6.31. The van der Waals surface area contributed by atoms with Crippen LogP contribution in [0.25, 0.3) is 0 Å². The molecule has 1 saturated heterocycles. The largest absolute Gasteiger partial charge is 0.490 e. The smallest absolute Gasteiger partial charge is 0.125 e. The van der Waals surface area contributed by atoms with Gasteiger partial charge in [-0.25, -0.2) is 0 Å². The summed E-state index contributed by atoms with van der Waals surface area (Å²) < 4.78 is 12.4. The Morgan fingerprint density at radius 3 is 2.95 bits per heavy atom. The van der Waals surface area contributed by atoms with Crippen LogP contribution in [-0.4, -0.2) is 25.4 Å². The summed E-state index contributed by atoms with van der Waals surface area (Å²) in [5.74, 6) is 0.914. The Morgan fingerprint density at radius 2 is 2.19 bits per heavy atom. The third-order valence-electron chi connectivity index (χ3n) is 4.69. The van der Waals surface area contributed by atoms with Gasteiger partial charge in [0.1, 0.15) is 11.9 Å². The molecule has 1 aromatic carbocycles. The van der Waals surface area contributed by atoms with Crippen molar-refractivity contribution in [1.82, 2.24) is 5.32 Å². The van der Waals surface area contributed by atoms with Crippen LogP contribution in [0.5, 0.6) is 5.75 Å². The van der Waals surface area contributed by atoms with Gasteiger partial charge in [-0.3, -0.25) is 0 Å². The van der Waals surface area contributed by atoms with Crippen molar-refractivity contribution >= 4 is 11.6 Å². The van der Waals surface area contributed by atoms with Crippen molar-refractivity contribution in [2.75, 3.05) is 13.7 Å². The van der Waals surface area contributed by atoms with Crippen LogP contribution in [-0.2, 0) is 11.3 Å². The summed E-state index contributed by atoms with van der Waals surface area (Å²) in [6.45, 7) is 1.54. The number of hydrogen-bond acceptors (Lipinski definition) is 3. The monoisotopic (exact) mass is 309 g/mol. The van der Waals surface area contributed by atoms with Crippen LogP contribution in [0.15, 0.2) is 18.2 Å². The van der Waals surface area contributed by atoms with Gasteiger partial charge in [0.25, 0.3) is 0 Å². The van der Waals surface area contributed by atoms with Gasteiger partial charge < -0.3 is 14.8 Å². The minimum absolute atomic E-state index is 0.0880. The Hall–Kier alpha value is -0.770. The highest BCUT2D eigenvalue weighted by Gasteiger charge is 2.40. The number of halogens is 1. The van der Waals surface area contributed by atoms with Crippen LogP contribution in [0.2, 0.25) is 5.02 Å². The van der Waals surface area contributed by atoms with Crippen molar-refractivity contribution in [2.45, 2.75) is 56.8 Å². The number of hydrogen-bond donors (Lipinski definition) is 1. The zero-order valence-electron chi connectivity index (χ0n) is 12.7. The van der Waals surface area contributed by atoms with Crippen molar-refractivity contribution < 1.29 is 9.47 Å². The molecule has 1 saturated carbocycles. The van der Waals surface area contributed by atoms with Crippen molar-refractivity contribution in [3.05, 3.63) is 28.8 Å². The summed E-state index contributed by atoms with van der Waals surface area (Å²) in [6.07, 6.45) is 7.17. The molecule has 0 bridgehead atoms. The van der Waals surface area contributed by atoms with E-state index in [2.05, 4.69) is 5.32 Å². The molecule has 0 radical (unpaired) electrons. The zero-order chi connectivity index (χ0) is 14.7. The molecule has 21 heavy (non-hydrogen) atoms. The highest BCUT2D eigenvalue weighted by Crippen LogP contribution is 2.41. The molecule has 0 aromatic heterocycles. The lowest BCUT2D eigenvalue weighted by Crippen LogP contribution is -2.41. The third-order valence-corrected chi connectivity index (χ3v) is 5.04. The Labute approximate surface area is 132 Å². The summed E-state index contributed by atoms with van der Waals surface area (Å²) in [5.41, 5.74) is 1.14. The van der Waals surface area contributed by atoms with Crippen molar-refractivity contribution in [3.8, 4) is 5.75 Å². The van der Waals surface area contributed by atoms with Crippen molar-refractivity contribution in [1.29, 1.82) is 0 Å². The molecule has 3 rings (SSSR count). The summed E-state index contributed by atoms with van der Waals surface area (Å²) in [5, 5.41) is 3.93. The van der Waals surface area contributed by atoms with Gasteiger partial charge in [0, 0.05) is 30.0 Å². The minimum Gasteiger partial charge on any atom is -0.490 e. The topological polar surface area (TPSA) is 30.5 Å². The predicted molar refractivity (Wildman–Crippen MR) is 85.0 cm³/mol. The Bertz CT molecular complexity index is 486. The van der Waals surface area contributed by atoms with E-state index in [0.717, 1.165) is 42.3 Å². The van der Waals surface area contributed by atoms with E-state index >= 15 is 0 Å². The number of ether oxygens (including phenoxy) is 2. The number of rotatable bonds is 4. The lowest BCUT2D eigenvalue weighted by molar-refractivity contribution is -0.108. The van der Waals surface area contributed by atoms with Gasteiger partial charge in [0.05, 0.1) is 12.2 Å². The van der Waals surface area contributed by atoms with E-state index in [1.54, 1.807) is 0 Å². The number of benzene rings is 1.